The number of benzene rings is 1. The molecule has 0 amide bonds. The molecule has 4 nitrogen and oxygen atoms in total. The third kappa shape index (κ3) is 2.31. The number of aromatic nitrogens is 2. The van der Waals surface area contributed by atoms with Crippen molar-refractivity contribution in [3.05, 3.63) is 60.6 Å². The summed E-state index contributed by atoms with van der Waals surface area (Å²) in [6, 6.07) is 11.3. The molecule has 0 aliphatic rings. The van der Waals surface area contributed by atoms with Crippen molar-refractivity contribution < 1.29 is 4.74 Å². The summed E-state index contributed by atoms with van der Waals surface area (Å²) in [7, 11) is 0. The van der Waals surface area contributed by atoms with Gasteiger partial charge in [0.1, 0.15) is 10.5 Å². The molecule has 1 aromatic carbocycles. The Morgan fingerprint density at radius 2 is 1.90 bits per heavy atom. The number of fused-ring (bicyclic) bond motifs is 1. The van der Waals surface area contributed by atoms with Crippen molar-refractivity contribution >= 4 is 28.1 Å². The van der Waals surface area contributed by atoms with Gasteiger partial charge in [0.15, 0.2) is 11.5 Å². The minimum absolute atomic E-state index is 0.274. The molecule has 0 spiro atoms. The molecule has 0 radical (unpaired) electrons. The molecule has 0 aliphatic carbocycles. The Labute approximate surface area is 121 Å². The number of para-hydroxylation sites is 1. The van der Waals surface area contributed by atoms with Gasteiger partial charge >= 0.3 is 0 Å². The van der Waals surface area contributed by atoms with Crippen LogP contribution in [0.4, 0.5) is 0 Å². The minimum Gasteiger partial charge on any atom is -0.453 e. The molecule has 20 heavy (non-hydrogen) atoms. The molecule has 0 aliphatic heterocycles. The smallest absolute Gasteiger partial charge is 0.155 e. The van der Waals surface area contributed by atoms with Crippen LogP contribution in [0.5, 0.6) is 11.5 Å². The Balaban J connectivity index is 2.08. The summed E-state index contributed by atoms with van der Waals surface area (Å²) in [6.45, 7) is 0. The van der Waals surface area contributed by atoms with Gasteiger partial charge in [-0.25, -0.2) is 0 Å². The first-order chi connectivity index (χ1) is 9.75. The van der Waals surface area contributed by atoms with Gasteiger partial charge in [-0.05, 0) is 18.2 Å². The number of hydrogen-bond acceptors (Lipinski definition) is 4. The molecular weight excluding hydrogens is 270 g/mol. The number of hydrogen-bond donors (Lipinski definition) is 1. The zero-order valence-electron chi connectivity index (χ0n) is 10.5. The molecule has 2 aromatic heterocycles. The summed E-state index contributed by atoms with van der Waals surface area (Å²) < 4.78 is 5.89. The molecule has 5 heteroatoms. The summed E-state index contributed by atoms with van der Waals surface area (Å²) >= 11 is 5.02. The van der Waals surface area contributed by atoms with Gasteiger partial charge in [0.2, 0.25) is 0 Å². The maximum atomic E-state index is 5.89. The number of ether oxygens (including phenoxy) is 1. The first-order valence-electron chi connectivity index (χ1n) is 6.01. The Bertz CT molecular complexity index is 783. The third-order valence-corrected chi connectivity index (χ3v) is 3.09. The lowest BCUT2D eigenvalue weighted by molar-refractivity contribution is 0.484. The first kappa shape index (κ1) is 12.5. The highest BCUT2D eigenvalue weighted by molar-refractivity contribution is 7.80. The van der Waals surface area contributed by atoms with Crippen molar-refractivity contribution in [1.82, 2.24) is 9.97 Å². The monoisotopic (exact) mass is 281 g/mol. The Kier molecular flexibility index (Phi) is 3.26. The van der Waals surface area contributed by atoms with Gasteiger partial charge in [0.05, 0.1) is 11.8 Å². The number of pyridine rings is 2. The van der Waals surface area contributed by atoms with Gasteiger partial charge in [-0.3, -0.25) is 9.97 Å². The van der Waals surface area contributed by atoms with Crippen molar-refractivity contribution in [3.8, 4) is 11.5 Å². The van der Waals surface area contributed by atoms with Crippen LogP contribution in [-0.2, 0) is 0 Å². The highest BCUT2D eigenvalue weighted by Gasteiger charge is 2.09. The van der Waals surface area contributed by atoms with E-state index in [9.17, 15) is 0 Å². The van der Waals surface area contributed by atoms with E-state index >= 15 is 0 Å². The molecule has 0 unspecified atom stereocenters. The maximum absolute atomic E-state index is 5.89. The fourth-order valence-corrected chi connectivity index (χ4v) is 2.11. The summed E-state index contributed by atoms with van der Waals surface area (Å²) in [4.78, 5) is 8.66. The molecule has 2 heterocycles. The fraction of sp³-hybridized carbons (Fsp3) is 0. The molecule has 0 atom stereocenters. The van der Waals surface area contributed by atoms with Crippen LogP contribution in [0.25, 0.3) is 10.9 Å². The summed E-state index contributed by atoms with van der Waals surface area (Å²) in [5.74, 6) is 1.17. The van der Waals surface area contributed by atoms with Gasteiger partial charge in [0, 0.05) is 17.8 Å². The lowest BCUT2D eigenvalue weighted by Crippen LogP contribution is -2.10. The molecule has 0 bridgehead atoms. The Morgan fingerprint density at radius 3 is 2.75 bits per heavy atom. The van der Waals surface area contributed by atoms with E-state index in [-0.39, 0.29) is 4.99 Å². The number of rotatable bonds is 3. The van der Waals surface area contributed by atoms with Crippen LogP contribution < -0.4 is 10.5 Å². The Morgan fingerprint density at radius 1 is 1.05 bits per heavy atom. The number of thiocarbonyl (C=S) groups is 1. The van der Waals surface area contributed by atoms with Crippen LogP contribution >= 0.6 is 12.2 Å². The van der Waals surface area contributed by atoms with Crippen molar-refractivity contribution in [2.45, 2.75) is 0 Å². The third-order valence-electron chi connectivity index (χ3n) is 2.87. The van der Waals surface area contributed by atoms with Gasteiger partial charge in [-0.2, -0.15) is 0 Å². The van der Waals surface area contributed by atoms with Crippen molar-refractivity contribution in [2.24, 2.45) is 5.73 Å². The topological polar surface area (TPSA) is 61.0 Å². The molecule has 3 rings (SSSR count). The first-order valence-corrected chi connectivity index (χ1v) is 6.42. The van der Waals surface area contributed by atoms with E-state index in [2.05, 4.69) is 9.97 Å². The second-order valence-corrected chi connectivity index (χ2v) is 4.61. The average Bonchev–Trinajstić information content (AvgIpc) is 2.48. The lowest BCUT2D eigenvalue weighted by Gasteiger charge is -2.10. The van der Waals surface area contributed by atoms with E-state index < -0.39 is 0 Å². The van der Waals surface area contributed by atoms with Gasteiger partial charge in [-0.1, -0.05) is 30.4 Å². The summed E-state index contributed by atoms with van der Waals surface area (Å²) in [5.41, 5.74) is 7.13. The quantitative estimate of drug-likeness (QED) is 0.748. The lowest BCUT2D eigenvalue weighted by atomic mass is 10.2. The van der Waals surface area contributed by atoms with Crippen molar-refractivity contribution in [1.29, 1.82) is 0 Å². The molecule has 98 valence electrons. The normalized spacial score (nSPS) is 10.4. The van der Waals surface area contributed by atoms with Gasteiger partial charge in [-0.15, -0.1) is 0 Å². The van der Waals surface area contributed by atoms with Crippen LogP contribution in [-0.4, -0.2) is 15.0 Å². The van der Waals surface area contributed by atoms with Crippen LogP contribution in [0.2, 0.25) is 0 Å². The van der Waals surface area contributed by atoms with Crippen LogP contribution in [0.15, 0.2) is 55.0 Å². The summed E-state index contributed by atoms with van der Waals surface area (Å²) in [6.07, 6.45) is 4.95. The van der Waals surface area contributed by atoms with E-state index in [1.807, 2.05) is 30.3 Å². The molecule has 3 aromatic rings. The van der Waals surface area contributed by atoms with Crippen LogP contribution in [0.1, 0.15) is 5.56 Å². The average molecular weight is 281 g/mol. The zero-order chi connectivity index (χ0) is 13.9. The number of nitrogens with two attached hydrogens (primary N) is 1. The SMILES string of the molecule is NC(=S)c1ccncc1Oc1cccc2cccnc12. The minimum atomic E-state index is 0.274. The van der Waals surface area contributed by atoms with Crippen molar-refractivity contribution in [3.63, 3.8) is 0 Å². The molecule has 0 saturated carbocycles. The molecule has 0 fully saturated rings. The Hall–Kier alpha value is -2.53. The molecule has 0 saturated heterocycles. The largest absolute Gasteiger partial charge is 0.453 e. The fourth-order valence-electron chi connectivity index (χ4n) is 1.94. The van der Waals surface area contributed by atoms with Crippen molar-refractivity contribution in [2.75, 3.05) is 0 Å². The highest BCUT2D eigenvalue weighted by atomic mass is 32.1. The van der Waals surface area contributed by atoms with Gasteiger partial charge in [0.25, 0.3) is 0 Å². The predicted molar refractivity (Wildman–Crippen MR) is 81.9 cm³/mol. The van der Waals surface area contributed by atoms with E-state index in [0.717, 1.165) is 10.9 Å². The molecular formula is C15H11N3OS. The van der Waals surface area contributed by atoms with Gasteiger partial charge < -0.3 is 10.5 Å². The van der Waals surface area contributed by atoms with E-state index in [4.69, 9.17) is 22.7 Å². The van der Waals surface area contributed by atoms with Crippen LogP contribution in [0, 0.1) is 0 Å². The standard InChI is InChI=1S/C15H11N3OS/c16-15(20)11-6-8-17-9-13(11)19-12-5-1-3-10-4-2-7-18-14(10)12/h1-9H,(H2,16,20). The van der Waals surface area contributed by atoms with E-state index in [1.54, 1.807) is 24.7 Å². The van der Waals surface area contributed by atoms with E-state index in [0.29, 0.717) is 17.1 Å². The second-order valence-electron chi connectivity index (χ2n) is 4.17. The summed E-state index contributed by atoms with van der Waals surface area (Å²) in [5, 5.41) is 1.01. The second kappa shape index (κ2) is 5.22. The molecule has 2 N–H and O–H groups in total. The zero-order valence-corrected chi connectivity index (χ0v) is 11.3. The highest BCUT2D eigenvalue weighted by Crippen LogP contribution is 2.29. The van der Waals surface area contributed by atoms with Crippen LogP contribution in [0.3, 0.4) is 0 Å². The maximum Gasteiger partial charge on any atom is 0.155 e. The number of nitrogens with zero attached hydrogens (tertiary/aromatic N) is 2. The predicted octanol–water partition coefficient (Wildman–Crippen LogP) is 3.06. The van der Waals surface area contributed by atoms with E-state index in [1.165, 1.54) is 0 Å².